The maximum atomic E-state index is 11.7. The summed E-state index contributed by atoms with van der Waals surface area (Å²) in [6.45, 7) is 5.65. The highest BCUT2D eigenvalue weighted by atomic mass is 16.5. The van der Waals surface area contributed by atoms with Gasteiger partial charge < -0.3 is 9.47 Å². The third kappa shape index (κ3) is 8.22. The van der Waals surface area contributed by atoms with Crippen molar-refractivity contribution in [2.75, 3.05) is 19.8 Å². The van der Waals surface area contributed by atoms with Crippen LogP contribution in [0.4, 0.5) is 0 Å². The number of hydrogen-bond donors (Lipinski definition) is 1. The molecule has 0 bridgehead atoms. The van der Waals surface area contributed by atoms with Gasteiger partial charge in [-0.05, 0) is 26.2 Å². The van der Waals surface area contributed by atoms with Crippen molar-refractivity contribution in [1.82, 2.24) is 5.32 Å². The van der Waals surface area contributed by atoms with Crippen LogP contribution < -0.4 is 5.32 Å². The van der Waals surface area contributed by atoms with Crippen LogP contribution in [-0.2, 0) is 14.3 Å². The molecule has 1 saturated carbocycles. The summed E-state index contributed by atoms with van der Waals surface area (Å²) in [4.78, 5) is 11.7. The molecule has 0 saturated heterocycles. The van der Waals surface area contributed by atoms with Crippen molar-refractivity contribution in [3.05, 3.63) is 0 Å². The lowest BCUT2D eigenvalue weighted by Gasteiger charge is -2.17. The second-order valence-electron chi connectivity index (χ2n) is 5.23. The van der Waals surface area contributed by atoms with E-state index in [0.717, 1.165) is 25.9 Å². The second kappa shape index (κ2) is 10.2. The minimum absolute atomic E-state index is 0.180. The molecule has 1 rings (SSSR count). The molecule has 1 unspecified atom stereocenters. The Labute approximate surface area is 117 Å². The van der Waals surface area contributed by atoms with Crippen molar-refractivity contribution in [3.8, 4) is 0 Å². The zero-order chi connectivity index (χ0) is 13.9. The van der Waals surface area contributed by atoms with E-state index >= 15 is 0 Å². The van der Waals surface area contributed by atoms with Crippen molar-refractivity contribution in [1.29, 1.82) is 0 Å². The molecular formula is C15H29NO3. The molecule has 1 atom stereocenters. The summed E-state index contributed by atoms with van der Waals surface area (Å²) in [5.41, 5.74) is 0. The quantitative estimate of drug-likeness (QED) is 0.438. The van der Waals surface area contributed by atoms with Gasteiger partial charge >= 0.3 is 5.97 Å². The Morgan fingerprint density at radius 3 is 2.58 bits per heavy atom. The van der Waals surface area contributed by atoms with Gasteiger partial charge in [0, 0.05) is 12.6 Å². The van der Waals surface area contributed by atoms with Gasteiger partial charge in [-0.2, -0.15) is 0 Å². The van der Waals surface area contributed by atoms with Crippen LogP contribution in [0.3, 0.4) is 0 Å². The first-order valence-corrected chi connectivity index (χ1v) is 7.78. The lowest BCUT2D eigenvalue weighted by Crippen LogP contribution is -2.43. The van der Waals surface area contributed by atoms with Gasteiger partial charge in [-0.15, -0.1) is 0 Å². The number of hydrogen-bond acceptors (Lipinski definition) is 4. The van der Waals surface area contributed by atoms with E-state index in [1.165, 1.54) is 25.7 Å². The van der Waals surface area contributed by atoms with Crippen molar-refractivity contribution in [3.63, 3.8) is 0 Å². The highest BCUT2D eigenvalue weighted by molar-refractivity contribution is 5.76. The molecule has 0 aromatic heterocycles. The van der Waals surface area contributed by atoms with Gasteiger partial charge in [0.1, 0.15) is 6.04 Å². The maximum Gasteiger partial charge on any atom is 0.325 e. The molecule has 0 aromatic rings. The number of carbonyl (C=O) groups is 1. The Hall–Kier alpha value is -0.610. The smallest absolute Gasteiger partial charge is 0.325 e. The Kier molecular flexibility index (Phi) is 8.84. The summed E-state index contributed by atoms with van der Waals surface area (Å²) in [6.07, 6.45) is 8.46. The maximum absolute atomic E-state index is 11.7. The molecule has 4 nitrogen and oxygen atoms in total. The number of ether oxygens (including phenoxy) is 2. The highest BCUT2D eigenvalue weighted by Gasteiger charge is 2.29. The van der Waals surface area contributed by atoms with Gasteiger partial charge in [0.2, 0.25) is 0 Å². The Bertz CT molecular complexity index is 242. The molecule has 0 amide bonds. The molecule has 0 aliphatic heterocycles. The van der Waals surface area contributed by atoms with Gasteiger partial charge in [0.05, 0.1) is 13.2 Å². The van der Waals surface area contributed by atoms with E-state index in [-0.39, 0.29) is 12.0 Å². The Balaban J connectivity index is 2.08. The fourth-order valence-electron chi connectivity index (χ4n) is 1.97. The van der Waals surface area contributed by atoms with E-state index in [9.17, 15) is 4.79 Å². The van der Waals surface area contributed by atoms with E-state index < -0.39 is 0 Å². The van der Waals surface area contributed by atoms with Crippen LogP contribution in [0, 0.1) is 0 Å². The molecule has 0 aromatic carbocycles. The molecule has 4 heteroatoms. The summed E-state index contributed by atoms with van der Waals surface area (Å²) in [5.74, 6) is -0.180. The lowest BCUT2D eigenvalue weighted by atomic mass is 10.2. The molecule has 112 valence electrons. The Morgan fingerprint density at radius 1 is 1.21 bits per heavy atom. The van der Waals surface area contributed by atoms with Gasteiger partial charge in [-0.1, -0.05) is 32.6 Å². The molecule has 0 spiro atoms. The first-order valence-electron chi connectivity index (χ1n) is 7.78. The van der Waals surface area contributed by atoms with Crippen LogP contribution in [0.15, 0.2) is 0 Å². The van der Waals surface area contributed by atoms with Crippen molar-refractivity contribution >= 4 is 5.97 Å². The second-order valence-corrected chi connectivity index (χ2v) is 5.23. The third-order valence-electron chi connectivity index (χ3n) is 3.26. The fraction of sp³-hybridized carbons (Fsp3) is 0.933. The van der Waals surface area contributed by atoms with E-state index in [0.29, 0.717) is 19.3 Å². The number of nitrogens with one attached hydrogen (secondary N) is 1. The van der Waals surface area contributed by atoms with E-state index in [2.05, 4.69) is 12.2 Å². The third-order valence-corrected chi connectivity index (χ3v) is 3.26. The van der Waals surface area contributed by atoms with E-state index in [1.807, 2.05) is 6.92 Å². The molecular weight excluding hydrogens is 242 g/mol. The predicted octanol–water partition coefficient (Wildman–Crippen LogP) is 2.66. The first-order chi connectivity index (χ1) is 9.27. The average Bonchev–Trinajstić information content (AvgIpc) is 3.20. The highest BCUT2D eigenvalue weighted by Crippen LogP contribution is 2.19. The molecule has 1 aliphatic carbocycles. The van der Waals surface area contributed by atoms with E-state index in [4.69, 9.17) is 9.47 Å². The van der Waals surface area contributed by atoms with Gasteiger partial charge in [-0.3, -0.25) is 10.1 Å². The zero-order valence-electron chi connectivity index (χ0n) is 12.5. The summed E-state index contributed by atoms with van der Waals surface area (Å²) in [5, 5.41) is 3.29. The largest absolute Gasteiger partial charge is 0.465 e. The standard InChI is InChI=1S/C15H29NO3/c1-3-5-6-7-8-11-18-12-14(15(17)19-4-2)16-13-9-10-13/h13-14,16H,3-12H2,1-2H3. The number of esters is 1. The van der Waals surface area contributed by atoms with E-state index in [1.54, 1.807) is 0 Å². The molecule has 1 N–H and O–H groups in total. The molecule has 1 fully saturated rings. The number of carbonyl (C=O) groups excluding carboxylic acids is 1. The zero-order valence-corrected chi connectivity index (χ0v) is 12.5. The summed E-state index contributed by atoms with van der Waals surface area (Å²) in [6, 6.07) is 0.200. The topological polar surface area (TPSA) is 47.6 Å². The SMILES string of the molecule is CCCCCCCOCC(NC1CC1)C(=O)OCC. The van der Waals surface area contributed by atoms with Crippen molar-refractivity contribution < 1.29 is 14.3 Å². The lowest BCUT2D eigenvalue weighted by molar-refractivity contribution is -0.147. The first kappa shape index (κ1) is 16.4. The predicted molar refractivity (Wildman–Crippen MR) is 76.2 cm³/mol. The van der Waals surface area contributed by atoms with Crippen LogP contribution in [0.1, 0.15) is 58.8 Å². The Morgan fingerprint density at radius 2 is 1.95 bits per heavy atom. The molecule has 0 radical (unpaired) electrons. The van der Waals surface area contributed by atoms with Gasteiger partial charge in [0.25, 0.3) is 0 Å². The monoisotopic (exact) mass is 271 g/mol. The van der Waals surface area contributed by atoms with Crippen LogP contribution in [0.5, 0.6) is 0 Å². The normalized spacial score (nSPS) is 16.3. The van der Waals surface area contributed by atoms with Crippen LogP contribution in [0.2, 0.25) is 0 Å². The minimum atomic E-state index is -0.289. The van der Waals surface area contributed by atoms with Crippen LogP contribution >= 0.6 is 0 Å². The summed E-state index contributed by atoms with van der Waals surface area (Å²) < 4.78 is 10.7. The van der Waals surface area contributed by atoms with Crippen molar-refractivity contribution in [2.24, 2.45) is 0 Å². The van der Waals surface area contributed by atoms with Gasteiger partial charge in [-0.25, -0.2) is 0 Å². The summed E-state index contributed by atoms with van der Waals surface area (Å²) >= 11 is 0. The van der Waals surface area contributed by atoms with Crippen LogP contribution in [-0.4, -0.2) is 37.9 Å². The minimum Gasteiger partial charge on any atom is -0.465 e. The molecule has 0 heterocycles. The number of rotatable bonds is 12. The number of unbranched alkanes of at least 4 members (excludes halogenated alkanes) is 4. The van der Waals surface area contributed by atoms with Crippen LogP contribution in [0.25, 0.3) is 0 Å². The van der Waals surface area contributed by atoms with Crippen molar-refractivity contribution in [2.45, 2.75) is 70.9 Å². The average molecular weight is 271 g/mol. The fourth-order valence-corrected chi connectivity index (χ4v) is 1.97. The summed E-state index contributed by atoms with van der Waals surface area (Å²) in [7, 11) is 0. The molecule has 1 aliphatic rings. The molecule has 19 heavy (non-hydrogen) atoms. The van der Waals surface area contributed by atoms with Gasteiger partial charge in [0.15, 0.2) is 0 Å².